The molecule has 0 saturated carbocycles. The van der Waals surface area contributed by atoms with Crippen molar-refractivity contribution < 1.29 is 17.6 Å². The minimum absolute atomic E-state index is 0.0631. The highest BCUT2D eigenvalue weighted by molar-refractivity contribution is 7.89. The lowest BCUT2D eigenvalue weighted by atomic mass is 9.94. The Kier molecular flexibility index (Phi) is 6.10. The van der Waals surface area contributed by atoms with Gasteiger partial charge in [-0.15, -0.1) is 0 Å². The first kappa shape index (κ1) is 21.5. The van der Waals surface area contributed by atoms with E-state index < -0.39 is 21.7 Å². The van der Waals surface area contributed by atoms with Crippen LogP contribution >= 0.6 is 0 Å². The van der Waals surface area contributed by atoms with Gasteiger partial charge in [-0.05, 0) is 61.4 Å². The summed E-state index contributed by atoms with van der Waals surface area (Å²) in [7, 11) is -3.80. The summed E-state index contributed by atoms with van der Waals surface area (Å²) in [6.45, 7) is 8.58. The molecule has 2 atom stereocenters. The standard InChI is InChI=1S/C22H27FN2O3S/c1-14-10-15(2)13-25(12-14)29(27,28)18-8-9-20(23)19(11-18)22(26)24-21-16(3)6-5-7-17(21)4/h5-9,11,14-15H,10,12-13H2,1-4H3,(H,24,26)/t14-,15-/m1/s1. The van der Waals surface area contributed by atoms with Crippen LogP contribution in [0.3, 0.4) is 0 Å². The Bertz CT molecular complexity index is 1010. The number of hydrogen-bond acceptors (Lipinski definition) is 3. The molecule has 0 unspecified atom stereocenters. The number of piperidine rings is 1. The van der Waals surface area contributed by atoms with Gasteiger partial charge < -0.3 is 5.32 Å². The number of amides is 1. The maximum absolute atomic E-state index is 14.4. The fourth-order valence-corrected chi connectivity index (χ4v) is 5.69. The predicted molar refractivity (Wildman–Crippen MR) is 112 cm³/mol. The van der Waals surface area contributed by atoms with E-state index in [0.717, 1.165) is 29.7 Å². The first-order chi connectivity index (χ1) is 13.6. The van der Waals surface area contributed by atoms with Crippen LogP contribution in [0.25, 0.3) is 0 Å². The second-order valence-electron chi connectivity index (χ2n) is 8.13. The number of rotatable bonds is 4. The predicted octanol–water partition coefficient (Wildman–Crippen LogP) is 4.36. The lowest BCUT2D eigenvalue weighted by Crippen LogP contribution is -2.42. The van der Waals surface area contributed by atoms with Crippen molar-refractivity contribution in [2.24, 2.45) is 11.8 Å². The maximum Gasteiger partial charge on any atom is 0.258 e. The molecule has 3 rings (SSSR count). The van der Waals surface area contributed by atoms with Crippen LogP contribution in [0.15, 0.2) is 41.3 Å². The van der Waals surface area contributed by atoms with E-state index in [1.165, 1.54) is 10.4 Å². The van der Waals surface area contributed by atoms with Gasteiger partial charge in [0.1, 0.15) is 5.82 Å². The molecule has 1 fully saturated rings. The van der Waals surface area contributed by atoms with Crippen LogP contribution in [0.5, 0.6) is 0 Å². The second-order valence-corrected chi connectivity index (χ2v) is 10.1. The average Bonchev–Trinajstić information content (AvgIpc) is 2.64. The number of anilines is 1. The fourth-order valence-electron chi connectivity index (χ4n) is 3.98. The van der Waals surface area contributed by atoms with Crippen LogP contribution in [-0.4, -0.2) is 31.7 Å². The SMILES string of the molecule is Cc1cccc(C)c1NC(=O)c1cc(S(=O)(=O)N2C[C@H](C)C[C@@H](C)C2)ccc1F. The molecule has 1 heterocycles. The summed E-state index contributed by atoms with van der Waals surface area (Å²) in [4.78, 5) is 12.7. The number of benzene rings is 2. The van der Waals surface area contributed by atoms with E-state index >= 15 is 0 Å². The van der Waals surface area contributed by atoms with Gasteiger partial charge in [0.2, 0.25) is 10.0 Å². The van der Waals surface area contributed by atoms with Gasteiger partial charge in [0, 0.05) is 18.8 Å². The van der Waals surface area contributed by atoms with E-state index in [4.69, 9.17) is 0 Å². The zero-order chi connectivity index (χ0) is 21.3. The normalized spacial score (nSPS) is 20.4. The number of carbonyl (C=O) groups excluding carboxylic acids is 1. The van der Waals surface area contributed by atoms with Crippen molar-refractivity contribution in [2.75, 3.05) is 18.4 Å². The largest absolute Gasteiger partial charge is 0.321 e. The molecule has 1 amide bonds. The van der Waals surface area contributed by atoms with Crippen molar-refractivity contribution in [1.82, 2.24) is 4.31 Å². The summed E-state index contributed by atoms with van der Waals surface area (Å²) in [5.74, 6) is -0.924. The number of nitrogens with zero attached hydrogens (tertiary/aromatic N) is 1. The third-order valence-corrected chi connectivity index (χ3v) is 7.20. The Morgan fingerprint density at radius 2 is 1.66 bits per heavy atom. The molecule has 0 bridgehead atoms. The van der Waals surface area contributed by atoms with Gasteiger partial charge in [0.05, 0.1) is 10.5 Å². The van der Waals surface area contributed by atoms with Gasteiger partial charge >= 0.3 is 0 Å². The number of halogens is 1. The second kappa shape index (κ2) is 8.24. The summed E-state index contributed by atoms with van der Waals surface area (Å²) >= 11 is 0. The number of sulfonamides is 1. The molecule has 1 aliphatic rings. The van der Waals surface area contributed by atoms with Crippen molar-refractivity contribution in [1.29, 1.82) is 0 Å². The summed E-state index contributed by atoms with van der Waals surface area (Å²) in [6.07, 6.45) is 0.971. The molecule has 156 valence electrons. The Labute approximate surface area is 172 Å². The molecule has 0 aliphatic carbocycles. The molecule has 1 aliphatic heterocycles. The Morgan fingerprint density at radius 1 is 1.07 bits per heavy atom. The lowest BCUT2D eigenvalue weighted by Gasteiger charge is -2.34. The molecule has 2 aromatic rings. The van der Waals surface area contributed by atoms with E-state index in [2.05, 4.69) is 5.32 Å². The minimum atomic E-state index is -3.80. The van der Waals surface area contributed by atoms with Crippen molar-refractivity contribution in [3.63, 3.8) is 0 Å². The number of para-hydroxylation sites is 1. The van der Waals surface area contributed by atoms with E-state index in [9.17, 15) is 17.6 Å². The molecule has 2 aromatic carbocycles. The monoisotopic (exact) mass is 418 g/mol. The molecule has 5 nitrogen and oxygen atoms in total. The van der Waals surface area contributed by atoms with Gasteiger partial charge in [-0.2, -0.15) is 4.31 Å². The van der Waals surface area contributed by atoms with E-state index in [-0.39, 0.29) is 22.3 Å². The number of aryl methyl sites for hydroxylation is 2. The van der Waals surface area contributed by atoms with Gasteiger partial charge in [0.15, 0.2) is 0 Å². The molecule has 29 heavy (non-hydrogen) atoms. The fraction of sp³-hybridized carbons (Fsp3) is 0.409. The minimum Gasteiger partial charge on any atom is -0.321 e. The smallest absolute Gasteiger partial charge is 0.258 e. The van der Waals surface area contributed by atoms with Gasteiger partial charge in [-0.1, -0.05) is 32.0 Å². The van der Waals surface area contributed by atoms with Gasteiger partial charge in [-0.25, -0.2) is 12.8 Å². The van der Waals surface area contributed by atoms with Crippen molar-refractivity contribution in [3.8, 4) is 0 Å². The molecular weight excluding hydrogens is 391 g/mol. The molecular formula is C22H27FN2O3S. The number of nitrogens with one attached hydrogen (secondary N) is 1. The van der Waals surface area contributed by atoms with Crippen LogP contribution in [0, 0.1) is 31.5 Å². The van der Waals surface area contributed by atoms with Crippen molar-refractivity contribution in [2.45, 2.75) is 39.0 Å². The zero-order valence-corrected chi connectivity index (χ0v) is 18.0. The van der Waals surface area contributed by atoms with E-state index in [0.29, 0.717) is 18.8 Å². The van der Waals surface area contributed by atoms with Crippen LogP contribution < -0.4 is 5.32 Å². The first-order valence-electron chi connectivity index (χ1n) is 9.77. The summed E-state index contributed by atoms with van der Waals surface area (Å²) in [5, 5.41) is 2.72. The quantitative estimate of drug-likeness (QED) is 0.802. The highest BCUT2D eigenvalue weighted by atomic mass is 32.2. The highest BCUT2D eigenvalue weighted by Gasteiger charge is 2.32. The van der Waals surface area contributed by atoms with E-state index in [1.807, 2.05) is 45.9 Å². The summed E-state index contributed by atoms with van der Waals surface area (Å²) < 4.78 is 42.1. The zero-order valence-electron chi connectivity index (χ0n) is 17.2. The third kappa shape index (κ3) is 4.51. The van der Waals surface area contributed by atoms with Crippen molar-refractivity contribution in [3.05, 3.63) is 58.9 Å². The molecule has 0 radical (unpaired) electrons. The van der Waals surface area contributed by atoms with E-state index in [1.54, 1.807) is 0 Å². The van der Waals surface area contributed by atoms with Crippen molar-refractivity contribution >= 4 is 21.6 Å². The maximum atomic E-state index is 14.4. The summed E-state index contributed by atoms with van der Waals surface area (Å²) in [6, 6.07) is 8.97. The molecule has 0 spiro atoms. The lowest BCUT2D eigenvalue weighted by molar-refractivity contribution is 0.102. The Hall–Kier alpha value is -2.25. The number of hydrogen-bond donors (Lipinski definition) is 1. The Morgan fingerprint density at radius 3 is 2.24 bits per heavy atom. The summed E-state index contributed by atoms with van der Waals surface area (Å²) in [5.41, 5.74) is 2.01. The number of carbonyl (C=O) groups is 1. The van der Waals surface area contributed by atoms with Crippen LogP contribution in [-0.2, 0) is 10.0 Å². The third-order valence-electron chi connectivity index (χ3n) is 5.38. The molecule has 7 heteroatoms. The average molecular weight is 419 g/mol. The van der Waals surface area contributed by atoms with Crippen LogP contribution in [0.1, 0.15) is 41.8 Å². The van der Waals surface area contributed by atoms with Gasteiger partial charge in [-0.3, -0.25) is 4.79 Å². The van der Waals surface area contributed by atoms with Crippen LogP contribution in [0.2, 0.25) is 0 Å². The van der Waals surface area contributed by atoms with Gasteiger partial charge in [0.25, 0.3) is 5.91 Å². The molecule has 1 saturated heterocycles. The molecule has 1 N–H and O–H groups in total. The topological polar surface area (TPSA) is 66.5 Å². The highest BCUT2D eigenvalue weighted by Crippen LogP contribution is 2.28. The Balaban J connectivity index is 1.92. The van der Waals surface area contributed by atoms with Crippen LogP contribution in [0.4, 0.5) is 10.1 Å². The molecule has 0 aromatic heterocycles. The first-order valence-corrected chi connectivity index (χ1v) is 11.2.